The number of thioether (sulfide) groups is 1. The van der Waals surface area contributed by atoms with E-state index in [1.807, 2.05) is 13.8 Å². The van der Waals surface area contributed by atoms with Gasteiger partial charge in [-0.15, -0.1) is 35.7 Å². The maximum Gasteiger partial charge on any atom is 0.191 e. The SMILES string of the molecule is CN=C(NCCSc1ccc(F)cc1)NCC(C)(C)OC.I. The smallest absolute Gasteiger partial charge is 0.191 e. The molecule has 0 aliphatic carbocycles. The molecule has 22 heavy (non-hydrogen) atoms. The molecule has 1 rings (SSSR count). The number of aliphatic imine (C=N–C) groups is 1. The third kappa shape index (κ3) is 8.79. The maximum absolute atomic E-state index is 12.8. The van der Waals surface area contributed by atoms with Crippen LogP contribution in [-0.4, -0.2) is 44.6 Å². The van der Waals surface area contributed by atoms with Gasteiger partial charge in [0.2, 0.25) is 0 Å². The van der Waals surface area contributed by atoms with Gasteiger partial charge in [-0.1, -0.05) is 0 Å². The Balaban J connectivity index is 0.00000441. The van der Waals surface area contributed by atoms with Gasteiger partial charge < -0.3 is 15.4 Å². The van der Waals surface area contributed by atoms with E-state index in [2.05, 4.69) is 15.6 Å². The Morgan fingerprint density at radius 3 is 2.45 bits per heavy atom. The van der Waals surface area contributed by atoms with Crippen molar-refractivity contribution in [1.82, 2.24) is 10.6 Å². The first-order chi connectivity index (χ1) is 9.96. The molecule has 0 atom stereocenters. The summed E-state index contributed by atoms with van der Waals surface area (Å²) in [5.41, 5.74) is -0.236. The molecule has 7 heteroatoms. The van der Waals surface area contributed by atoms with Gasteiger partial charge in [-0.2, -0.15) is 0 Å². The molecule has 0 aliphatic heterocycles. The summed E-state index contributed by atoms with van der Waals surface area (Å²) in [5, 5.41) is 6.46. The normalized spacial score (nSPS) is 11.8. The molecular formula is C15H25FIN3OS. The molecule has 0 spiro atoms. The Kier molecular flexibility index (Phi) is 10.8. The summed E-state index contributed by atoms with van der Waals surface area (Å²) in [4.78, 5) is 5.22. The molecule has 0 aromatic heterocycles. The second-order valence-electron chi connectivity index (χ2n) is 5.12. The van der Waals surface area contributed by atoms with Crippen molar-refractivity contribution in [2.45, 2.75) is 24.3 Å². The molecule has 0 bridgehead atoms. The van der Waals surface area contributed by atoms with Crippen LogP contribution < -0.4 is 10.6 Å². The monoisotopic (exact) mass is 441 g/mol. The first-order valence-electron chi connectivity index (χ1n) is 6.85. The lowest BCUT2D eigenvalue weighted by molar-refractivity contribution is 0.0268. The minimum Gasteiger partial charge on any atom is -0.377 e. The lowest BCUT2D eigenvalue weighted by atomic mass is 10.1. The molecule has 0 saturated carbocycles. The lowest BCUT2D eigenvalue weighted by Crippen LogP contribution is -2.45. The van der Waals surface area contributed by atoms with Crippen LogP contribution >= 0.6 is 35.7 Å². The Morgan fingerprint density at radius 1 is 1.27 bits per heavy atom. The van der Waals surface area contributed by atoms with Crippen LogP contribution in [0.2, 0.25) is 0 Å². The highest BCUT2D eigenvalue weighted by atomic mass is 127. The molecule has 2 N–H and O–H groups in total. The molecule has 0 unspecified atom stereocenters. The van der Waals surface area contributed by atoms with Crippen LogP contribution in [-0.2, 0) is 4.74 Å². The zero-order valence-corrected chi connectivity index (χ0v) is 16.6. The van der Waals surface area contributed by atoms with Gasteiger partial charge in [0.05, 0.1) is 5.60 Å². The van der Waals surface area contributed by atoms with Gasteiger partial charge in [-0.25, -0.2) is 4.39 Å². The standard InChI is InChI=1S/C15H24FN3OS.HI/c1-15(2,20-4)11-19-14(17-3)18-9-10-21-13-7-5-12(16)6-8-13;/h5-8H,9-11H2,1-4H3,(H2,17,18,19);1H. The van der Waals surface area contributed by atoms with Crippen molar-refractivity contribution in [3.05, 3.63) is 30.1 Å². The van der Waals surface area contributed by atoms with Gasteiger partial charge in [-0.05, 0) is 38.1 Å². The van der Waals surface area contributed by atoms with Crippen molar-refractivity contribution < 1.29 is 9.13 Å². The van der Waals surface area contributed by atoms with Gasteiger partial charge >= 0.3 is 0 Å². The number of nitrogens with one attached hydrogen (secondary N) is 2. The molecule has 0 fully saturated rings. The average Bonchev–Trinajstić information content (AvgIpc) is 2.48. The summed E-state index contributed by atoms with van der Waals surface area (Å²) < 4.78 is 18.1. The minimum atomic E-state index is -0.236. The third-order valence-electron chi connectivity index (χ3n) is 2.93. The fraction of sp³-hybridized carbons (Fsp3) is 0.533. The summed E-state index contributed by atoms with van der Waals surface area (Å²) in [6.45, 7) is 5.47. The summed E-state index contributed by atoms with van der Waals surface area (Å²) in [6.07, 6.45) is 0. The van der Waals surface area contributed by atoms with Crippen LogP contribution in [0.15, 0.2) is 34.2 Å². The molecule has 1 aromatic carbocycles. The van der Waals surface area contributed by atoms with Gasteiger partial charge in [0.15, 0.2) is 5.96 Å². The number of halogens is 2. The number of nitrogens with zero attached hydrogens (tertiary/aromatic N) is 1. The van der Waals surface area contributed by atoms with Gasteiger partial charge in [-0.3, -0.25) is 4.99 Å². The van der Waals surface area contributed by atoms with Crippen LogP contribution in [0.5, 0.6) is 0 Å². The summed E-state index contributed by atoms with van der Waals surface area (Å²) in [6, 6.07) is 6.52. The number of hydrogen-bond donors (Lipinski definition) is 2. The minimum absolute atomic E-state index is 0. The van der Waals surface area contributed by atoms with E-state index in [1.54, 1.807) is 38.1 Å². The molecule has 4 nitrogen and oxygen atoms in total. The van der Waals surface area contributed by atoms with E-state index < -0.39 is 0 Å². The highest BCUT2D eigenvalue weighted by Gasteiger charge is 2.16. The van der Waals surface area contributed by atoms with Crippen molar-refractivity contribution in [3.63, 3.8) is 0 Å². The van der Waals surface area contributed by atoms with E-state index in [0.717, 1.165) is 23.2 Å². The molecule has 126 valence electrons. The van der Waals surface area contributed by atoms with Crippen molar-refractivity contribution in [3.8, 4) is 0 Å². The maximum atomic E-state index is 12.8. The van der Waals surface area contributed by atoms with E-state index in [-0.39, 0.29) is 35.4 Å². The first-order valence-corrected chi connectivity index (χ1v) is 7.83. The van der Waals surface area contributed by atoms with Crippen LogP contribution in [0.4, 0.5) is 4.39 Å². The third-order valence-corrected chi connectivity index (χ3v) is 3.95. The second-order valence-corrected chi connectivity index (χ2v) is 6.29. The molecule has 0 heterocycles. The van der Waals surface area contributed by atoms with Crippen molar-refractivity contribution in [2.75, 3.05) is 33.0 Å². The largest absolute Gasteiger partial charge is 0.377 e. The number of guanidine groups is 1. The van der Waals surface area contributed by atoms with Crippen LogP contribution in [0.25, 0.3) is 0 Å². The number of ether oxygens (including phenoxy) is 1. The van der Waals surface area contributed by atoms with Gasteiger partial charge in [0.1, 0.15) is 5.82 Å². The number of rotatable bonds is 7. The number of methoxy groups -OCH3 is 1. The van der Waals surface area contributed by atoms with Crippen LogP contribution in [0.1, 0.15) is 13.8 Å². The van der Waals surface area contributed by atoms with Crippen molar-refractivity contribution in [2.24, 2.45) is 4.99 Å². The molecule has 0 saturated heterocycles. The highest BCUT2D eigenvalue weighted by molar-refractivity contribution is 14.0. The number of benzene rings is 1. The Hall–Kier alpha value is -0.540. The van der Waals surface area contributed by atoms with Gasteiger partial charge in [0.25, 0.3) is 0 Å². The van der Waals surface area contributed by atoms with Crippen LogP contribution in [0, 0.1) is 5.82 Å². The van der Waals surface area contributed by atoms with E-state index in [4.69, 9.17) is 4.74 Å². The van der Waals surface area contributed by atoms with Crippen LogP contribution in [0.3, 0.4) is 0 Å². The summed E-state index contributed by atoms with van der Waals surface area (Å²) >= 11 is 1.67. The van der Waals surface area contributed by atoms with E-state index >= 15 is 0 Å². The van der Waals surface area contributed by atoms with E-state index in [9.17, 15) is 4.39 Å². The van der Waals surface area contributed by atoms with Crippen molar-refractivity contribution >= 4 is 41.7 Å². The topological polar surface area (TPSA) is 45.7 Å². The molecular weight excluding hydrogens is 416 g/mol. The van der Waals surface area contributed by atoms with E-state index in [1.165, 1.54) is 12.1 Å². The number of hydrogen-bond acceptors (Lipinski definition) is 3. The molecule has 0 amide bonds. The molecule has 1 aromatic rings. The highest BCUT2D eigenvalue weighted by Crippen LogP contribution is 2.17. The second kappa shape index (κ2) is 11.1. The average molecular weight is 441 g/mol. The predicted molar refractivity (Wildman–Crippen MR) is 103 cm³/mol. The Morgan fingerprint density at radius 2 is 1.91 bits per heavy atom. The molecule has 0 aliphatic rings. The zero-order chi connectivity index (χ0) is 15.7. The summed E-state index contributed by atoms with van der Waals surface area (Å²) in [7, 11) is 3.43. The van der Waals surface area contributed by atoms with Gasteiger partial charge in [0, 0.05) is 37.9 Å². The van der Waals surface area contributed by atoms with E-state index in [0.29, 0.717) is 6.54 Å². The first kappa shape index (κ1) is 21.5. The predicted octanol–water partition coefficient (Wildman–Crippen LogP) is 3.13. The summed E-state index contributed by atoms with van der Waals surface area (Å²) in [5.74, 6) is 1.42. The quantitative estimate of drug-likeness (QED) is 0.225. The Bertz CT molecular complexity index is 455. The lowest BCUT2D eigenvalue weighted by Gasteiger charge is -2.24. The zero-order valence-electron chi connectivity index (χ0n) is 13.5. The fourth-order valence-electron chi connectivity index (χ4n) is 1.46. The fourth-order valence-corrected chi connectivity index (χ4v) is 2.23. The molecule has 0 radical (unpaired) electrons. The van der Waals surface area contributed by atoms with Crippen molar-refractivity contribution in [1.29, 1.82) is 0 Å². The Labute approximate surface area is 153 Å².